The zero-order valence-electron chi connectivity index (χ0n) is 7.82. The number of pyridine rings is 1. The highest BCUT2D eigenvalue weighted by Gasteiger charge is 2.04. The van der Waals surface area contributed by atoms with E-state index in [1.807, 2.05) is 24.9 Å². The second-order valence-electron chi connectivity index (χ2n) is 2.76. The van der Waals surface area contributed by atoms with Gasteiger partial charge in [0.25, 0.3) is 5.91 Å². The molecule has 0 spiro atoms. The molecule has 0 bridgehead atoms. The summed E-state index contributed by atoms with van der Waals surface area (Å²) in [6, 6.07) is 5.22. The summed E-state index contributed by atoms with van der Waals surface area (Å²) in [5.41, 5.74) is 5.41. The van der Waals surface area contributed by atoms with Crippen LogP contribution in [0.15, 0.2) is 18.2 Å². The quantitative estimate of drug-likeness (QED) is 0.740. The molecule has 1 rings (SSSR count). The lowest BCUT2D eigenvalue weighted by Gasteiger charge is -2.15. The Hall–Kier alpha value is -1.58. The van der Waals surface area contributed by atoms with Crippen molar-refractivity contribution in [3.05, 3.63) is 23.9 Å². The normalized spacial score (nSPS) is 9.69. The Kier molecular flexibility index (Phi) is 2.84. The summed E-state index contributed by atoms with van der Waals surface area (Å²) in [6.07, 6.45) is 0. The van der Waals surface area contributed by atoms with Crippen LogP contribution in [0.1, 0.15) is 17.4 Å². The Labute approximate surface area is 77.4 Å². The molecule has 0 saturated carbocycles. The smallest absolute Gasteiger partial charge is 0.267 e. The second kappa shape index (κ2) is 3.89. The highest BCUT2D eigenvalue weighted by molar-refractivity contribution is 5.91. The van der Waals surface area contributed by atoms with Crippen LogP contribution >= 0.6 is 0 Å². The first-order valence-electron chi connectivity index (χ1n) is 4.13. The van der Waals surface area contributed by atoms with Crippen LogP contribution in [0.5, 0.6) is 0 Å². The van der Waals surface area contributed by atoms with Gasteiger partial charge in [-0.2, -0.15) is 0 Å². The molecule has 1 aromatic rings. The van der Waals surface area contributed by atoms with E-state index in [1.54, 1.807) is 12.1 Å². The molecule has 4 nitrogen and oxygen atoms in total. The summed E-state index contributed by atoms with van der Waals surface area (Å²) >= 11 is 0. The van der Waals surface area contributed by atoms with Gasteiger partial charge in [-0.15, -0.1) is 0 Å². The summed E-state index contributed by atoms with van der Waals surface area (Å²) in [7, 11) is 1.91. The third-order valence-corrected chi connectivity index (χ3v) is 1.85. The maximum Gasteiger partial charge on any atom is 0.267 e. The van der Waals surface area contributed by atoms with Crippen LogP contribution in [0, 0.1) is 0 Å². The van der Waals surface area contributed by atoms with Crippen molar-refractivity contribution in [2.45, 2.75) is 6.92 Å². The maximum atomic E-state index is 10.8. The third kappa shape index (κ3) is 2.18. The SMILES string of the molecule is CCN(C)c1cccc(C(N)=O)n1. The monoisotopic (exact) mass is 179 g/mol. The molecule has 0 aromatic carbocycles. The van der Waals surface area contributed by atoms with Crippen LogP contribution in [0.2, 0.25) is 0 Å². The van der Waals surface area contributed by atoms with Crippen LogP contribution in [-0.4, -0.2) is 24.5 Å². The van der Waals surface area contributed by atoms with Crippen molar-refractivity contribution in [1.29, 1.82) is 0 Å². The minimum absolute atomic E-state index is 0.304. The number of hydrogen-bond acceptors (Lipinski definition) is 3. The second-order valence-corrected chi connectivity index (χ2v) is 2.76. The van der Waals surface area contributed by atoms with E-state index < -0.39 is 5.91 Å². The van der Waals surface area contributed by atoms with Gasteiger partial charge in [-0.25, -0.2) is 4.98 Å². The van der Waals surface area contributed by atoms with E-state index in [1.165, 1.54) is 0 Å². The summed E-state index contributed by atoms with van der Waals surface area (Å²) in [5, 5.41) is 0. The van der Waals surface area contributed by atoms with E-state index in [0.29, 0.717) is 5.69 Å². The molecule has 1 heterocycles. The Morgan fingerprint density at radius 3 is 2.85 bits per heavy atom. The number of nitrogens with two attached hydrogens (primary N) is 1. The van der Waals surface area contributed by atoms with Crippen LogP contribution in [-0.2, 0) is 0 Å². The fourth-order valence-electron chi connectivity index (χ4n) is 0.935. The lowest BCUT2D eigenvalue weighted by atomic mass is 10.3. The van der Waals surface area contributed by atoms with E-state index in [-0.39, 0.29) is 0 Å². The van der Waals surface area contributed by atoms with Crippen LogP contribution in [0.25, 0.3) is 0 Å². The van der Waals surface area contributed by atoms with Crippen LogP contribution < -0.4 is 10.6 Å². The molecule has 0 radical (unpaired) electrons. The number of hydrogen-bond donors (Lipinski definition) is 1. The summed E-state index contributed by atoms with van der Waals surface area (Å²) in [4.78, 5) is 16.8. The molecular weight excluding hydrogens is 166 g/mol. The highest BCUT2D eigenvalue weighted by atomic mass is 16.1. The predicted octanol–water partition coefficient (Wildman–Crippen LogP) is 0.637. The van der Waals surface area contributed by atoms with E-state index >= 15 is 0 Å². The van der Waals surface area contributed by atoms with Gasteiger partial charge in [0.15, 0.2) is 0 Å². The molecular formula is C9H13N3O. The molecule has 0 atom stereocenters. The fraction of sp³-hybridized carbons (Fsp3) is 0.333. The van der Waals surface area contributed by atoms with E-state index in [9.17, 15) is 4.79 Å². The Bertz CT molecular complexity index is 311. The molecule has 13 heavy (non-hydrogen) atoms. The van der Waals surface area contributed by atoms with E-state index in [4.69, 9.17) is 5.73 Å². The summed E-state index contributed by atoms with van der Waals surface area (Å²) < 4.78 is 0. The number of amides is 1. The molecule has 0 saturated heterocycles. The first-order chi connectivity index (χ1) is 6.15. The molecule has 70 valence electrons. The van der Waals surface area contributed by atoms with Gasteiger partial charge >= 0.3 is 0 Å². The number of anilines is 1. The minimum Gasteiger partial charge on any atom is -0.364 e. The number of rotatable bonds is 3. The topological polar surface area (TPSA) is 59.2 Å². The van der Waals surface area contributed by atoms with Crippen LogP contribution in [0.3, 0.4) is 0 Å². The molecule has 2 N–H and O–H groups in total. The average Bonchev–Trinajstić information content (AvgIpc) is 2.17. The Morgan fingerprint density at radius 1 is 1.62 bits per heavy atom. The van der Waals surface area contributed by atoms with E-state index in [2.05, 4.69) is 4.98 Å². The number of carbonyl (C=O) groups is 1. The van der Waals surface area contributed by atoms with Gasteiger partial charge in [-0.05, 0) is 19.1 Å². The molecule has 0 aliphatic carbocycles. The third-order valence-electron chi connectivity index (χ3n) is 1.85. The maximum absolute atomic E-state index is 10.8. The lowest BCUT2D eigenvalue weighted by Crippen LogP contribution is -2.20. The lowest BCUT2D eigenvalue weighted by molar-refractivity contribution is 0.0995. The zero-order chi connectivity index (χ0) is 9.84. The van der Waals surface area contributed by atoms with Crippen LogP contribution in [0.4, 0.5) is 5.82 Å². The number of aromatic nitrogens is 1. The van der Waals surface area contributed by atoms with Crippen molar-refractivity contribution < 1.29 is 4.79 Å². The van der Waals surface area contributed by atoms with Gasteiger partial charge < -0.3 is 10.6 Å². The minimum atomic E-state index is -0.494. The van der Waals surface area contributed by atoms with E-state index in [0.717, 1.165) is 12.4 Å². The van der Waals surface area contributed by atoms with Crippen molar-refractivity contribution in [2.75, 3.05) is 18.5 Å². The zero-order valence-corrected chi connectivity index (χ0v) is 7.82. The van der Waals surface area contributed by atoms with Crippen molar-refractivity contribution in [1.82, 2.24) is 4.98 Å². The molecule has 0 unspecified atom stereocenters. The summed E-state index contributed by atoms with van der Waals surface area (Å²) in [5.74, 6) is 0.269. The molecule has 0 aliphatic rings. The average molecular weight is 179 g/mol. The Balaban J connectivity index is 2.98. The Morgan fingerprint density at radius 2 is 2.31 bits per heavy atom. The molecule has 1 aromatic heterocycles. The molecule has 0 aliphatic heterocycles. The van der Waals surface area contributed by atoms with Crippen molar-refractivity contribution >= 4 is 11.7 Å². The van der Waals surface area contributed by atoms with Gasteiger partial charge in [-0.1, -0.05) is 6.07 Å². The van der Waals surface area contributed by atoms with Crippen molar-refractivity contribution in [3.8, 4) is 0 Å². The van der Waals surface area contributed by atoms with Gasteiger partial charge in [0.2, 0.25) is 0 Å². The highest BCUT2D eigenvalue weighted by Crippen LogP contribution is 2.08. The molecule has 0 fully saturated rings. The fourth-order valence-corrected chi connectivity index (χ4v) is 0.935. The number of primary amides is 1. The number of nitrogens with zero attached hydrogens (tertiary/aromatic N) is 2. The van der Waals surface area contributed by atoms with Gasteiger partial charge in [0.05, 0.1) is 0 Å². The standard InChI is InChI=1S/C9H13N3O/c1-3-12(2)8-6-4-5-7(11-8)9(10)13/h4-6H,3H2,1-2H3,(H2,10,13). The first kappa shape index (κ1) is 9.51. The van der Waals surface area contributed by atoms with Gasteiger partial charge in [-0.3, -0.25) is 4.79 Å². The van der Waals surface area contributed by atoms with Gasteiger partial charge in [0, 0.05) is 13.6 Å². The first-order valence-corrected chi connectivity index (χ1v) is 4.13. The molecule has 4 heteroatoms. The van der Waals surface area contributed by atoms with Crippen molar-refractivity contribution in [3.63, 3.8) is 0 Å². The predicted molar refractivity (Wildman–Crippen MR) is 51.7 cm³/mol. The number of carbonyl (C=O) groups excluding carboxylic acids is 1. The molecule has 1 amide bonds. The largest absolute Gasteiger partial charge is 0.364 e. The summed E-state index contributed by atoms with van der Waals surface area (Å²) in [6.45, 7) is 2.85. The van der Waals surface area contributed by atoms with Gasteiger partial charge in [0.1, 0.15) is 11.5 Å². The van der Waals surface area contributed by atoms with Crippen molar-refractivity contribution in [2.24, 2.45) is 5.73 Å².